The average Bonchev–Trinajstić information content (AvgIpc) is 2.97. The van der Waals surface area contributed by atoms with Gasteiger partial charge in [-0.2, -0.15) is 0 Å². The molecule has 0 radical (unpaired) electrons. The molecule has 1 aromatic rings. The van der Waals surface area contributed by atoms with E-state index in [0.29, 0.717) is 17.7 Å². The Labute approximate surface area is 131 Å². The highest BCUT2D eigenvalue weighted by Gasteiger charge is 2.16. The first kappa shape index (κ1) is 16.9. The zero-order valence-electron chi connectivity index (χ0n) is 13.5. The molecule has 2 N–H and O–H groups in total. The summed E-state index contributed by atoms with van der Waals surface area (Å²) in [5, 5.41) is 6.05. The molecule has 1 fully saturated rings. The molecule has 0 spiro atoms. The fraction of sp³-hybridized carbons (Fsp3) is 0.588. The highest BCUT2D eigenvalue weighted by atomic mass is 19.1. The number of hydrogen-bond donors (Lipinski definition) is 2. The third-order valence-corrected chi connectivity index (χ3v) is 4.02. The van der Waals surface area contributed by atoms with Crippen LogP contribution in [0.5, 0.6) is 0 Å². The minimum Gasteiger partial charge on any atom is -0.377 e. The van der Waals surface area contributed by atoms with Gasteiger partial charge < -0.3 is 15.4 Å². The van der Waals surface area contributed by atoms with Crippen molar-refractivity contribution in [2.24, 2.45) is 0 Å². The van der Waals surface area contributed by atoms with E-state index in [-0.39, 0.29) is 30.4 Å². The summed E-state index contributed by atoms with van der Waals surface area (Å²) in [7, 11) is 0. The van der Waals surface area contributed by atoms with Crippen LogP contribution in [-0.4, -0.2) is 31.7 Å². The zero-order chi connectivity index (χ0) is 16.1. The quantitative estimate of drug-likeness (QED) is 0.848. The number of rotatable bonds is 6. The van der Waals surface area contributed by atoms with Gasteiger partial charge >= 0.3 is 0 Å². The Kier molecular flexibility index (Phi) is 5.91. The fourth-order valence-corrected chi connectivity index (χ4v) is 2.76. The predicted molar refractivity (Wildman–Crippen MR) is 84.3 cm³/mol. The first-order chi connectivity index (χ1) is 10.5. The third kappa shape index (κ3) is 4.52. The SMILES string of the molecule is Cc1cc(C(C)NC(=O)CNCC2CCCO2)cc(C)c1F. The Morgan fingerprint density at radius 1 is 1.41 bits per heavy atom. The summed E-state index contributed by atoms with van der Waals surface area (Å²) in [6.07, 6.45) is 2.38. The molecule has 122 valence electrons. The van der Waals surface area contributed by atoms with Gasteiger partial charge in [-0.15, -0.1) is 0 Å². The van der Waals surface area contributed by atoms with Crippen LogP contribution in [0.25, 0.3) is 0 Å². The Bertz CT molecular complexity index is 504. The third-order valence-electron chi connectivity index (χ3n) is 4.02. The lowest BCUT2D eigenvalue weighted by Crippen LogP contribution is -2.38. The minimum absolute atomic E-state index is 0.0647. The van der Waals surface area contributed by atoms with Gasteiger partial charge in [0.15, 0.2) is 0 Å². The van der Waals surface area contributed by atoms with Gasteiger partial charge in [-0.3, -0.25) is 4.79 Å². The van der Waals surface area contributed by atoms with Crippen molar-refractivity contribution in [2.45, 2.75) is 45.8 Å². The maximum Gasteiger partial charge on any atom is 0.234 e. The van der Waals surface area contributed by atoms with Crippen molar-refractivity contribution in [2.75, 3.05) is 19.7 Å². The molecule has 2 rings (SSSR count). The molecule has 0 bridgehead atoms. The summed E-state index contributed by atoms with van der Waals surface area (Å²) in [4.78, 5) is 11.9. The summed E-state index contributed by atoms with van der Waals surface area (Å²) in [6, 6.07) is 3.43. The lowest BCUT2D eigenvalue weighted by atomic mass is 10.0. The zero-order valence-corrected chi connectivity index (χ0v) is 13.5. The number of carbonyl (C=O) groups excluding carboxylic acids is 1. The van der Waals surface area contributed by atoms with E-state index in [2.05, 4.69) is 10.6 Å². The van der Waals surface area contributed by atoms with Gasteiger partial charge in [-0.05, 0) is 50.3 Å². The minimum atomic E-state index is -0.180. The average molecular weight is 308 g/mol. The number of nitrogens with one attached hydrogen (secondary N) is 2. The van der Waals surface area contributed by atoms with Crippen molar-refractivity contribution in [1.29, 1.82) is 0 Å². The number of ether oxygens (including phenoxy) is 1. The molecule has 1 amide bonds. The molecule has 2 atom stereocenters. The van der Waals surface area contributed by atoms with Crippen LogP contribution < -0.4 is 10.6 Å². The lowest BCUT2D eigenvalue weighted by Gasteiger charge is -2.17. The molecule has 1 heterocycles. The van der Waals surface area contributed by atoms with E-state index in [1.165, 1.54) is 0 Å². The van der Waals surface area contributed by atoms with Crippen molar-refractivity contribution in [3.8, 4) is 0 Å². The van der Waals surface area contributed by atoms with E-state index in [4.69, 9.17) is 4.74 Å². The van der Waals surface area contributed by atoms with E-state index >= 15 is 0 Å². The summed E-state index contributed by atoms with van der Waals surface area (Å²) >= 11 is 0. The second-order valence-electron chi connectivity index (χ2n) is 6.02. The number of halogens is 1. The molecule has 2 unspecified atom stereocenters. The van der Waals surface area contributed by atoms with Crippen molar-refractivity contribution in [1.82, 2.24) is 10.6 Å². The molecule has 0 aliphatic carbocycles. The Morgan fingerprint density at radius 2 is 2.09 bits per heavy atom. The molecule has 1 aliphatic heterocycles. The van der Waals surface area contributed by atoms with Crippen molar-refractivity contribution in [3.63, 3.8) is 0 Å². The van der Waals surface area contributed by atoms with Gasteiger partial charge in [-0.1, -0.05) is 12.1 Å². The molecule has 5 heteroatoms. The molecular weight excluding hydrogens is 283 g/mol. The summed E-state index contributed by atoms with van der Waals surface area (Å²) < 4.78 is 19.1. The highest BCUT2D eigenvalue weighted by Crippen LogP contribution is 2.19. The Balaban J connectivity index is 1.80. The highest BCUT2D eigenvalue weighted by molar-refractivity contribution is 5.78. The van der Waals surface area contributed by atoms with Gasteiger partial charge in [-0.25, -0.2) is 4.39 Å². The van der Waals surface area contributed by atoms with E-state index in [0.717, 1.165) is 25.0 Å². The first-order valence-electron chi connectivity index (χ1n) is 7.85. The van der Waals surface area contributed by atoms with Gasteiger partial charge in [0.1, 0.15) is 5.82 Å². The van der Waals surface area contributed by atoms with E-state index in [1.54, 1.807) is 26.0 Å². The summed E-state index contributed by atoms with van der Waals surface area (Å²) in [6.45, 7) is 7.18. The Morgan fingerprint density at radius 3 is 2.68 bits per heavy atom. The molecule has 1 aromatic carbocycles. The molecule has 1 saturated heterocycles. The van der Waals surface area contributed by atoms with Crippen molar-refractivity contribution < 1.29 is 13.9 Å². The second kappa shape index (κ2) is 7.70. The van der Waals surface area contributed by atoms with Crippen LogP contribution >= 0.6 is 0 Å². The molecule has 0 aromatic heterocycles. The Hall–Kier alpha value is -1.46. The first-order valence-corrected chi connectivity index (χ1v) is 7.85. The van der Waals surface area contributed by atoms with Crippen LogP contribution in [0.15, 0.2) is 12.1 Å². The van der Waals surface area contributed by atoms with Gasteiger partial charge in [0, 0.05) is 13.2 Å². The van der Waals surface area contributed by atoms with Crippen LogP contribution in [-0.2, 0) is 9.53 Å². The van der Waals surface area contributed by atoms with Crippen molar-refractivity contribution >= 4 is 5.91 Å². The fourth-order valence-electron chi connectivity index (χ4n) is 2.76. The number of hydrogen-bond acceptors (Lipinski definition) is 3. The second-order valence-corrected chi connectivity index (χ2v) is 6.02. The van der Waals surface area contributed by atoms with Gasteiger partial charge in [0.05, 0.1) is 18.7 Å². The monoisotopic (exact) mass is 308 g/mol. The number of benzene rings is 1. The summed E-state index contributed by atoms with van der Waals surface area (Å²) in [5.74, 6) is -0.245. The summed E-state index contributed by atoms with van der Waals surface area (Å²) in [5.41, 5.74) is 2.13. The number of amides is 1. The topological polar surface area (TPSA) is 50.4 Å². The van der Waals surface area contributed by atoms with Crippen LogP contribution in [0.1, 0.15) is 42.5 Å². The van der Waals surface area contributed by atoms with Gasteiger partial charge in [0.2, 0.25) is 5.91 Å². The van der Waals surface area contributed by atoms with E-state index < -0.39 is 0 Å². The molecular formula is C17H25FN2O2. The van der Waals surface area contributed by atoms with Crippen LogP contribution in [0.3, 0.4) is 0 Å². The largest absolute Gasteiger partial charge is 0.377 e. The standard InChI is InChI=1S/C17H25FN2O2/c1-11-7-14(8-12(2)17(11)18)13(3)20-16(21)10-19-9-15-5-4-6-22-15/h7-8,13,15,19H,4-6,9-10H2,1-3H3,(H,20,21). The van der Waals surface area contributed by atoms with Crippen molar-refractivity contribution in [3.05, 3.63) is 34.6 Å². The smallest absolute Gasteiger partial charge is 0.234 e. The van der Waals surface area contributed by atoms with Crippen LogP contribution in [0, 0.1) is 19.7 Å². The predicted octanol–water partition coefficient (Wildman–Crippen LogP) is 2.39. The van der Waals surface area contributed by atoms with Crippen LogP contribution in [0.2, 0.25) is 0 Å². The molecule has 22 heavy (non-hydrogen) atoms. The number of carbonyl (C=O) groups is 1. The normalized spacial score (nSPS) is 19.2. The van der Waals surface area contributed by atoms with E-state index in [1.807, 2.05) is 6.92 Å². The maximum absolute atomic E-state index is 13.6. The molecule has 1 aliphatic rings. The lowest BCUT2D eigenvalue weighted by molar-refractivity contribution is -0.120. The van der Waals surface area contributed by atoms with Gasteiger partial charge in [0.25, 0.3) is 0 Å². The van der Waals surface area contributed by atoms with Crippen LogP contribution in [0.4, 0.5) is 4.39 Å². The van der Waals surface area contributed by atoms with E-state index in [9.17, 15) is 9.18 Å². The maximum atomic E-state index is 13.6. The molecule has 0 saturated carbocycles. The number of aryl methyl sites for hydroxylation is 2. The molecule has 4 nitrogen and oxygen atoms in total.